The summed E-state index contributed by atoms with van der Waals surface area (Å²) in [6.07, 6.45) is 0.200. The first-order valence-electron chi connectivity index (χ1n) is 4.91. The zero-order valence-corrected chi connectivity index (χ0v) is 9.15. The number of rotatable bonds is 4. The van der Waals surface area contributed by atoms with E-state index in [-0.39, 0.29) is 12.0 Å². The Morgan fingerprint density at radius 1 is 1.25 bits per heavy atom. The van der Waals surface area contributed by atoms with Crippen molar-refractivity contribution in [3.05, 3.63) is 35.1 Å². The molecule has 1 aromatic rings. The van der Waals surface area contributed by atoms with Crippen molar-refractivity contribution < 1.29 is 18.3 Å². The van der Waals surface area contributed by atoms with Gasteiger partial charge in [0.1, 0.15) is 0 Å². The van der Waals surface area contributed by atoms with Gasteiger partial charge in [-0.25, -0.2) is 13.2 Å². The van der Waals surface area contributed by atoms with Crippen LogP contribution in [-0.2, 0) is 5.60 Å². The molecule has 0 aliphatic rings. The molecule has 0 amide bonds. The van der Waals surface area contributed by atoms with E-state index in [2.05, 4.69) is 5.32 Å². The van der Waals surface area contributed by atoms with Gasteiger partial charge in [0, 0.05) is 5.56 Å². The van der Waals surface area contributed by atoms with E-state index in [9.17, 15) is 18.3 Å². The van der Waals surface area contributed by atoms with Gasteiger partial charge in [0.25, 0.3) is 0 Å². The fourth-order valence-electron chi connectivity index (χ4n) is 1.44. The standard InChI is InChI=1S/C11H14F3NO/c1-11(16,5-6-15-2)7-3-4-8(12)10(14)9(7)13/h3-4,15-16H,5-6H2,1-2H3. The number of hydrogen-bond acceptors (Lipinski definition) is 2. The van der Waals surface area contributed by atoms with Gasteiger partial charge in [0.2, 0.25) is 0 Å². The first-order chi connectivity index (χ1) is 7.40. The zero-order valence-electron chi connectivity index (χ0n) is 9.15. The van der Waals surface area contributed by atoms with Crippen molar-refractivity contribution in [2.75, 3.05) is 13.6 Å². The monoisotopic (exact) mass is 233 g/mol. The SMILES string of the molecule is CNCCC(C)(O)c1ccc(F)c(F)c1F. The largest absolute Gasteiger partial charge is 0.385 e. The third-order valence-corrected chi connectivity index (χ3v) is 2.48. The summed E-state index contributed by atoms with van der Waals surface area (Å²) in [5.74, 6) is -4.14. The molecule has 0 fully saturated rings. The van der Waals surface area contributed by atoms with E-state index in [1.165, 1.54) is 6.92 Å². The highest BCUT2D eigenvalue weighted by Crippen LogP contribution is 2.28. The summed E-state index contributed by atoms with van der Waals surface area (Å²) in [5.41, 5.74) is -1.76. The smallest absolute Gasteiger partial charge is 0.194 e. The summed E-state index contributed by atoms with van der Waals surface area (Å²) in [5, 5.41) is 12.7. The van der Waals surface area contributed by atoms with E-state index >= 15 is 0 Å². The molecule has 0 bridgehead atoms. The lowest BCUT2D eigenvalue weighted by Crippen LogP contribution is -2.28. The van der Waals surface area contributed by atoms with Crippen LogP contribution in [0.3, 0.4) is 0 Å². The van der Waals surface area contributed by atoms with Crippen LogP contribution in [-0.4, -0.2) is 18.7 Å². The molecule has 5 heteroatoms. The number of nitrogens with one attached hydrogen (secondary N) is 1. The molecule has 1 rings (SSSR count). The molecule has 90 valence electrons. The zero-order chi connectivity index (χ0) is 12.3. The Balaban J connectivity index is 3.08. The highest BCUT2D eigenvalue weighted by molar-refractivity contribution is 5.25. The average Bonchev–Trinajstić information content (AvgIpc) is 2.23. The Morgan fingerprint density at radius 2 is 1.88 bits per heavy atom. The van der Waals surface area contributed by atoms with Gasteiger partial charge < -0.3 is 10.4 Å². The molecule has 16 heavy (non-hydrogen) atoms. The van der Waals surface area contributed by atoms with Gasteiger partial charge in [-0.3, -0.25) is 0 Å². The minimum absolute atomic E-state index is 0.200. The Kier molecular flexibility index (Phi) is 3.93. The second-order valence-electron chi connectivity index (χ2n) is 3.85. The van der Waals surface area contributed by atoms with Gasteiger partial charge in [-0.2, -0.15) is 0 Å². The summed E-state index contributed by atoms with van der Waals surface area (Å²) in [6.45, 7) is 1.80. The predicted octanol–water partition coefficient (Wildman–Crippen LogP) is 1.92. The molecule has 0 aromatic heterocycles. The van der Waals surface area contributed by atoms with Crippen molar-refractivity contribution >= 4 is 0 Å². The average molecular weight is 233 g/mol. The van der Waals surface area contributed by atoms with Crippen LogP contribution in [0.1, 0.15) is 18.9 Å². The van der Waals surface area contributed by atoms with E-state index in [1.807, 2.05) is 0 Å². The molecule has 0 radical (unpaired) electrons. The third kappa shape index (κ3) is 2.54. The number of halogens is 3. The maximum Gasteiger partial charge on any atom is 0.194 e. The van der Waals surface area contributed by atoms with Gasteiger partial charge in [0.05, 0.1) is 5.60 Å². The molecule has 1 aromatic carbocycles. The second kappa shape index (κ2) is 4.84. The molecular formula is C11H14F3NO. The van der Waals surface area contributed by atoms with Crippen molar-refractivity contribution in [3.63, 3.8) is 0 Å². The van der Waals surface area contributed by atoms with Crippen LogP contribution in [0.2, 0.25) is 0 Å². The number of aliphatic hydroxyl groups is 1. The van der Waals surface area contributed by atoms with E-state index in [0.29, 0.717) is 6.54 Å². The Hall–Kier alpha value is -1.07. The van der Waals surface area contributed by atoms with Crippen molar-refractivity contribution in [1.29, 1.82) is 0 Å². The Morgan fingerprint density at radius 3 is 2.44 bits per heavy atom. The first-order valence-corrected chi connectivity index (χ1v) is 4.91. The fraction of sp³-hybridized carbons (Fsp3) is 0.455. The second-order valence-corrected chi connectivity index (χ2v) is 3.85. The van der Waals surface area contributed by atoms with Crippen LogP contribution in [0.4, 0.5) is 13.2 Å². The van der Waals surface area contributed by atoms with Crippen LogP contribution in [0.5, 0.6) is 0 Å². The summed E-state index contributed by atoms with van der Waals surface area (Å²) in [4.78, 5) is 0. The molecule has 0 aliphatic heterocycles. The molecule has 0 spiro atoms. The van der Waals surface area contributed by atoms with E-state index in [0.717, 1.165) is 12.1 Å². The maximum absolute atomic E-state index is 13.4. The van der Waals surface area contributed by atoms with Crippen molar-refractivity contribution in [2.45, 2.75) is 18.9 Å². The first kappa shape index (κ1) is 13.0. The minimum Gasteiger partial charge on any atom is -0.385 e. The molecule has 1 atom stereocenters. The van der Waals surface area contributed by atoms with E-state index in [1.54, 1.807) is 7.05 Å². The molecule has 0 saturated carbocycles. The molecule has 2 nitrogen and oxygen atoms in total. The van der Waals surface area contributed by atoms with Crippen LogP contribution in [0, 0.1) is 17.5 Å². The van der Waals surface area contributed by atoms with Crippen LogP contribution in [0.25, 0.3) is 0 Å². The van der Waals surface area contributed by atoms with Crippen molar-refractivity contribution in [1.82, 2.24) is 5.32 Å². The molecule has 1 unspecified atom stereocenters. The van der Waals surface area contributed by atoms with Gasteiger partial charge >= 0.3 is 0 Å². The van der Waals surface area contributed by atoms with Crippen LogP contribution < -0.4 is 5.32 Å². The normalized spacial score (nSPS) is 14.9. The van der Waals surface area contributed by atoms with Crippen molar-refractivity contribution in [3.8, 4) is 0 Å². The van der Waals surface area contributed by atoms with Gasteiger partial charge in [0.15, 0.2) is 17.5 Å². The number of benzene rings is 1. The van der Waals surface area contributed by atoms with Crippen LogP contribution in [0.15, 0.2) is 12.1 Å². The predicted molar refractivity (Wildman–Crippen MR) is 54.4 cm³/mol. The van der Waals surface area contributed by atoms with E-state index < -0.39 is 23.1 Å². The lowest BCUT2D eigenvalue weighted by atomic mass is 9.92. The third-order valence-electron chi connectivity index (χ3n) is 2.48. The fourth-order valence-corrected chi connectivity index (χ4v) is 1.44. The lowest BCUT2D eigenvalue weighted by Gasteiger charge is -2.24. The highest BCUT2D eigenvalue weighted by atomic mass is 19.2. The Labute approximate surface area is 92.1 Å². The van der Waals surface area contributed by atoms with E-state index in [4.69, 9.17) is 0 Å². The summed E-state index contributed by atoms with van der Waals surface area (Å²) < 4.78 is 39.0. The number of hydrogen-bond donors (Lipinski definition) is 2. The van der Waals surface area contributed by atoms with Gasteiger partial charge in [-0.15, -0.1) is 0 Å². The highest BCUT2D eigenvalue weighted by Gasteiger charge is 2.28. The topological polar surface area (TPSA) is 32.3 Å². The summed E-state index contributed by atoms with van der Waals surface area (Å²) in [7, 11) is 1.68. The van der Waals surface area contributed by atoms with Crippen LogP contribution >= 0.6 is 0 Å². The molecule has 0 heterocycles. The quantitative estimate of drug-likeness (QED) is 0.779. The summed E-state index contributed by atoms with van der Waals surface area (Å²) >= 11 is 0. The minimum atomic E-state index is -1.55. The lowest BCUT2D eigenvalue weighted by molar-refractivity contribution is 0.0439. The maximum atomic E-state index is 13.4. The molecule has 0 aliphatic carbocycles. The summed E-state index contributed by atoms with van der Waals surface area (Å²) in [6, 6.07) is 1.87. The van der Waals surface area contributed by atoms with Gasteiger partial charge in [-0.1, -0.05) is 6.07 Å². The van der Waals surface area contributed by atoms with Crippen molar-refractivity contribution in [2.24, 2.45) is 0 Å². The molecular weight excluding hydrogens is 219 g/mol. The Bertz CT molecular complexity index is 380. The molecule has 0 saturated heterocycles. The van der Waals surface area contributed by atoms with Gasteiger partial charge in [-0.05, 0) is 33.0 Å². The molecule has 2 N–H and O–H groups in total.